The second-order valence-corrected chi connectivity index (χ2v) is 6.11. The van der Waals surface area contributed by atoms with Gasteiger partial charge in [-0.2, -0.15) is 0 Å². The van der Waals surface area contributed by atoms with Crippen LogP contribution in [0.5, 0.6) is 0 Å². The van der Waals surface area contributed by atoms with Gasteiger partial charge in [0, 0.05) is 25.3 Å². The molecule has 1 aliphatic carbocycles. The molecule has 0 radical (unpaired) electrons. The normalized spacial score (nSPS) is 25.3. The summed E-state index contributed by atoms with van der Waals surface area (Å²) in [4.78, 5) is 19.0. The van der Waals surface area contributed by atoms with Crippen LogP contribution in [-0.2, 0) is 0 Å². The van der Waals surface area contributed by atoms with Crippen molar-refractivity contribution in [1.29, 1.82) is 0 Å². The third-order valence-electron chi connectivity index (χ3n) is 4.72. The van der Waals surface area contributed by atoms with E-state index in [0.717, 1.165) is 38.2 Å². The average Bonchev–Trinajstić information content (AvgIpc) is 3.18. The molecule has 5 heteroatoms. The molecule has 2 atom stereocenters. The number of amides is 1. The smallest absolute Gasteiger partial charge is 0.253 e. The Morgan fingerprint density at radius 1 is 1.29 bits per heavy atom. The van der Waals surface area contributed by atoms with E-state index in [0.29, 0.717) is 18.0 Å². The van der Waals surface area contributed by atoms with Gasteiger partial charge in [-0.1, -0.05) is 6.42 Å². The maximum absolute atomic E-state index is 12.3. The standard InChI is InChI=1S/C16H24N4O/c17-10-12-4-3-5-14(12)19-16(21)13-6-7-15(18-11-13)20-8-1-2-9-20/h6-7,11-12,14H,1-5,8-10,17H2,(H,19,21). The number of nitrogens with one attached hydrogen (secondary N) is 1. The number of carbonyl (C=O) groups excluding carboxylic acids is 1. The molecule has 1 amide bonds. The highest BCUT2D eigenvalue weighted by Gasteiger charge is 2.27. The minimum atomic E-state index is -0.0270. The van der Waals surface area contributed by atoms with E-state index >= 15 is 0 Å². The summed E-state index contributed by atoms with van der Waals surface area (Å²) in [5.74, 6) is 1.37. The van der Waals surface area contributed by atoms with E-state index in [9.17, 15) is 4.79 Å². The van der Waals surface area contributed by atoms with Gasteiger partial charge in [-0.3, -0.25) is 4.79 Å². The molecule has 2 aliphatic rings. The van der Waals surface area contributed by atoms with Crippen molar-refractivity contribution >= 4 is 11.7 Å². The molecular weight excluding hydrogens is 264 g/mol. The number of anilines is 1. The molecule has 5 nitrogen and oxygen atoms in total. The molecule has 1 saturated carbocycles. The fourth-order valence-corrected chi connectivity index (χ4v) is 3.41. The first kappa shape index (κ1) is 14.3. The fourth-order valence-electron chi connectivity index (χ4n) is 3.41. The maximum Gasteiger partial charge on any atom is 0.253 e. The van der Waals surface area contributed by atoms with Crippen molar-refractivity contribution in [2.45, 2.75) is 38.1 Å². The molecule has 21 heavy (non-hydrogen) atoms. The van der Waals surface area contributed by atoms with Crippen LogP contribution in [0.3, 0.4) is 0 Å². The zero-order valence-corrected chi connectivity index (χ0v) is 12.4. The highest BCUT2D eigenvalue weighted by molar-refractivity contribution is 5.94. The molecule has 1 aliphatic heterocycles. The van der Waals surface area contributed by atoms with Crippen LogP contribution >= 0.6 is 0 Å². The molecule has 3 rings (SSSR count). The zero-order valence-electron chi connectivity index (χ0n) is 12.4. The predicted octanol–water partition coefficient (Wildman–Crippen LogP) is 1.54. The number of hydrogen-bond donors (Lipinski definition) is 2. The van der Waals surface area contributed by atoms with E-state index in [-0.39, 0.29) is 11.9 Å². The third kappa shape index (κ3) is 3.18. The lowest BCUT2D eigenvalue weighted by Crippen LogP contribution is -2.39. The summed E-state index contributed by atoms with van der Waals surface area (Å²) in [6, 6.07) is 4.05. The van der Waals surface area contributed by atoms with Crippen molar-refractivity contribution in [1.82, 2.24) is 10.3 Å². The minimum Gasteiger partial charge on any atom is -0.357 e. The molecule has 3 N–H and O–H groups in total. The predicted molar refractivity (Wildman–Crippen MR) is 83.3 cm³/mol. The van der Waals surface area contributed by atoms with Crippen LogP contribution in [0.4, 0.5) is 5.82 Å². The number of nitrogens with two attached hydrogens (primary N) is 1. The first-order chi connectivity index (χ1) is 10.3. The van der Waals surface area contributed by atoms with Crippen LogP contribution in [-0.4, -0.2) is 36.6 Å². The summed E-state index contributed by atoms with van der Waals surface area (Å²) in [5, 5.41) is 3.11. The molecule has 0 bridgehead atoms. The molecule has 1 aromatic rings. The summed E-state index contributed by atoms with van der Waals surface area (Å²) in [5.41, 5.74) is 6.40. The fraction of sp³-hybridized carbons (Fsp3) is 0.625. The Balaban J connectivity index is 1.62. The molecule has 2 fully saturated rings. The van der Waals surface area contributed by atoms with Crippen molar-refractivity contribution < 1.29 is 4.79 Å². The highest BCUT2D eigenvalue weighted by Crippen LogP contribution is 2.25. The van der Waals surface area contributed by atoms with Crippen molar-refractivity contribution in [2.75, 3.05) is 24.5 Å². The van der Waals surface area contributed by atoms with Gasteiger partial charge < -0.3 is 16.0 Å². The van der Waals surface area contributed by atoms with Crippen LogP contribution in [0.15, 0.2) is 18.3 Å². The molecule has 2 heterocycles. The van der Waals surface area contributed by atoms with Crippen molar-refractivity contribution in [2.24, 2.45) is 11.7 Å². The molecule has 114 valence electrons. The Bertz CT molecular complexity index is 482. The SMILES string of the molecule is NCC1CCCC1NC(=O)c1ccc(N2CCCC2)nc1. The first-order valence-corrected chi connectivity index (χ1v) is 8.00. The topological polar surface area (TPSA) is 71.2 Å². The second-order valence-electron chi connectivity index (χ2n) is 6.11. The largest absolute Gasteiger partial charge is 0.357 e. The number of carbonyl (C=O) groups is 1. The Morgan fingerprint density at radius 2 is 2.10 bits per heavy atom. The highest BCUT2D eigenvalue weighted by atomic mass is 16.1. The Morgan fingerprint density at radius 3 is 2.76 bits per heavy atom. The van der Waals surface area contributed by atoms with Gasteiger partial charge >= 0.3 is 0 Å². The van der Waals surface area contributed by atoms with Crippen LogP contribution in [0, 0.1) is 5.92 Å². The second kappa shape index (κ2) is 6.43. The average molecular weight is 288 g/mol. The van der Waals surface area contributed by atoms with Gasteiger partial charge in [0.2, 0.25) is 0 Å². The molecule has 0 spiro atoms. The van der Waals surface area contributed by atoms with Crippen LogP contribution < -0.4 is 16.0 Å². The summed E-state index contributed by atoms with van der Waals surface area (Å²) < 4.78 is 0. The van der Waals surface area contributed by atoms with E-state index < -0.39 is 0 Å². The Labute approximate surface area is 125 Å². The number of nitrogens with zero attached hydrogens (tertiary/aromatic N) is 2. The monoisotopic (exact) mass is 288 g/mol. The van der Waals surface area contributed by atoms with Gasteiger partial charge in [-0.15, -0.1) is 0 Å². The van der Waals surface area contributed by atoms with E-state index in [1.165, 1.54) is 12.8 Å². The Kier molecular flexibility index (Phi) is 4.39. The van der Waals surface area contributed by atoms with Crippen LogP contribution in [0.1, 0.15) is 42.5 Å². The Hall–Kier alpha value is -1.62. The first-order valence-electron chi connectivity index (χ1n) is 8.00. The van der Waals surface area contributed by atoms with E-state index in [1.54, 1.807) is 6.20 Å². The van der Waals surface area contributed by atoms with Gasteiger partial charge in [0.15, 0.2) is 0 Å². The van der Waals surface area contributed by atoms with Crippen LogP contribution in [0.2, 0.25) is 0 Å². The number of pyridine rings is 1. The van der Waals surface area contributed by atoms with E-state index in [2.05, 4.69) is 15.2 Å². The van der Waals surface area contributed by atoms with E-state index in [1.807, 2.05) is 12.1 Å². The third-order valence-corrected chi connectivity index (χ3v) is 4.72. The van der Waals surface area contributed by atoms with Crippen molar-refractivity contribution in [3.8, 4) is 0 Å². The number of hydrogen-bond acceptors (Lipinski definition) is 4. The van der Waals surface area contributed by atoms with Crippen LogP contribution in [0.25, 0.3) is 0 Å². The number of aromatic nitrogens is 1. The van der Waals surface area contributed by atoms with Gasteiger partial charge in [-0.25, -0.2) is 4.98 Å². The zero-order chi connectivity index (χ0) is 14.7. The lowest BCUT2D eigenvalue weighted by Gasteiger charge is -2.20. The molecule has 1 saturated heterocycles. The molecule has 0 aromatic carbocycles. The van der Waals surface area contributed by atoms with E-state index in [4.69, 9.17) is 5.73 Å². The maximum atomic E-state index is 12.3. The minimum absolute atomic E-state index is 0.0270. The molecule has 1 aromatic heterocycles. The summed E-state index contributed by atoms with van der Waals surface area (Å²) in [6.45, 7) is 2.79. The molecule has 2 unspecified atom stereocenters. The van der Waals surface area contributed by atoms with Gasteiger partial charge in [0.1, 0.15) is 5.82 Å². The van der Waals surface area contributed by atoms with Crippen molar-refractivity contribution in [3.05, 3.63) is 23.9 Å². The molecular formula is C16H24N4O. The summed E-state index contributed by atoms with van der Waals surface area (Å²) >= 11 is 0. The van der Waals surface area contributed by atoms with Gasteiger partial charge in [0.25, 0.3) is 5.91 Å². The van der Waals surface area contributed by atoms with Gasteiger partial charge in [0.05, 0.1) is 5.56 Å². The summed E-state index contributed by atoms with van der Waals surface area (Å²) in [7, 11) is 0. The quantitative estimate of drug-likeness (QED) is 0.881. The number of rotatable bonds is 4. The lowest BCUT2D eigenvalue weighted by atomic mass is 10.0. The van der Waals surface area contributed by atoms with Crippen molar-refractivity contribution in [3.63, 3.8) is 0 Å². The summed E-state index contributed by atoms with van der Waals surface area (Å²) in [6.07, 6.45) is 7.45. The lowest BCUT2D eigenvalue weighted by molar-refractivity contribution is 0.0928. The van der Waals surface area contributed by atoms with Gasteiger partial charge in [-0.05, 0) is 50.3 Å².